The Hall–Kier alpha value is -1.54. The molecule has 0 saturated carbocycles. The van der Waals surface area contributed by atoms with Gasteiger partial charge < -0.3 is 4.74 Å². The van der Waals surface area contributed by atoms with E-state index in [0.29, 0.717) is 5.82 Å². The number of hydrogen-bond donors (Lipinski definition) is 0. The Morgan fingerprint density at radius 1 is 1.61 bits per heavy atom. The Balaban J connectivity index is 2.96. The van der Waals surface area contributed by atoms with Crippen LogP contribution in [0.2, 0.25) is 0 Å². The molecule has 0 N–H and O–H groups in total. The van der Waals surface area contributed by atoms with Gasteiger partial charge in [0.2, 0.25) is 0 Å². The van der Waals surface area contributed by atoms with E-state index in [9.17, 15) is 4.79 Å². The first-order valence-corrected chi connectivity index (χ1v) is 6.18. The molecule has 0 atom stereocenters. The van der Waals surface area contributed by atoms with Crippen LogP contribution in [0.5, 0.6) is 0 Å². The third kappa shape index (κ3) is 4.38. The first kappa shape index (κ1) is 14.5. The molecule has 0 bridgehead atoms. The minimum absolute atomic E-state index is 0.109. The van der Waals surface area contributed by atoms with E-state index in [1.54, 1.807) is 39.1 Å². The van der Waals surface area contributed by atoms with E-state index in [4.69, 9.17) is 11.2 Å². The fourth-order valence-electron chi connectivity index (χ4n) is 1.19. The number of terminal acetylenes is 1. The smallest absolute Gasteiger partial charge is 0.416 e. The van der Waals surface area contributed by atoms with Gasteiger partial charge in [0, 0.05) is 10.7 Å². The van der Waals surface area contributed by atoms with Crippen LogP contribution in [-0.2, 0) is 4.74 Å². The molecule has 1 rings (SSSR count). The van der Waals surface area contributed by atoms with Crippen molar-refractivity contribution in [1.29, 1.82) is 0 Å². The summed E-state index contributed by atoms with van der Waals surface area (Å²) in [5.41, 5.74) is -0.573. The maximum Gasteiger partial charge on any atom is 0.416 e. The lowest BCUT2D eigenvalue weighted by Gasteiger charge is -2.25. The van der Waals surface area contributed by atoms with Crippen molar-refractivity contribution in [3.05, 3.63) is 22.8 Å². The zero-order chi connectivity index (χ0) is 13.8. The van der Waals surface area contributed by atoms with Crippen LogP contribution in [0.1, 0.15) is 20.8 Å². The number of pyridine rings is 1. The van der Waals surface area contributed by atoms with Crippen LogP contribution in [0.4, 0.5) is 10.6 Å². The minimum atomic E-state index is -0.573. The topological polar surface area (TPSA) is 42.4 Å². The van der Waals surface area contributed by atoms with E-state index < -0.39 is 11.7 Å². The monoisotopic (exact) mass is 310 g/mol. The highest BCUT2D eigenvalue weighted by Gasteiger charge is 2.23. The molecule has 0 spiro atoms. The first-order valence-electron chi connectivity index (χ1n) is 5.39. The molecule has 1 aromatic rings. The molecule has 1 heterocycles. The Morgan fingerprint density at radius 2 is 2.28 bits per heavy atom. The summed E-state index contributed by atoms with van der Waals surface area (Å²) >= 11 is 3.32. The first-order chi connectivity index (χ1) is 8.33. The highest BCUT2D eigenvalue weighted by molar-refractivity contribution is 9.10. The molecule has 0 aliphatic rings. The molecule has 0 saturated heterocycles. The molecule has 0 aliphatic heterocycles. The molecule has 5 heteroatoms. The molecule has 0 aliphatic carbocycles. The number of halogens is 1. The second kappa shape index (κ2) is 5.87. The Labute approximate surface area is 115 Å². The number of anilines is 1. The summed E-state index contributed by atoms with van der Waals surface area (Å²) in [4.78, 5) is 17.4. The van der Waals surface area contributed by atoms with Crippen molar-refractivity contribution in [2.75, 3.05) is 11.4 Å². The number of aromatic nitrogens is 1. The van der Waals surface area contributed by atoms with Crippen LogP contribution >= 0.6 is 15.9 Å². The van der Waals surface area contributed by atoms with Crippen LogP contribution < -0.4 is 4.90 Å². The van der Waals surface area contributed by atoms with E-state index in [1.165, 1.54) is 4.90 Å². The second-order valence-electron chi connectivity index (χ2n) is 4.60. The summed E-state index contributed by atoms with van der Waals surface area (Å²) in [6.07, 6.45) is 6.35. The quantitative estimate of drug-likeness (QED) is 0.788. The van der Waals surface area contributed by atoms with Gasteiger partial charge in [-0.2, -0.15) is 0 Å². The minimum Gasteiger partial charge on any atom is -0.443 e. The molecule has 1 amide bonds. The van der Waals surface area contributed by atoms with Crippen molar-refractivity contribution in [1.82, 2.24) is 4.98 Å². The van der Waals surface area contributed by atoms with Crippen molar-refractivity contribution in [2.24, 2.45) is 0 Å². The van der Waals surface area contributed by atoms with E-state index in [-0.39, 0.29) is 6.54 Å². The lowest BCUT2D eigenvalue weighted by molar-refractivity contribution is 0.0584. The molecule has 0 unspecified atom stereocenters. The summed E-state index contributed by atoms with van der Waals surface area (Å²) in [5.74, 6) is 2.88. The van der Waals surface area contributed by atoms with Crippen molar-refractivity contribution in [2.45, 2.75) is 26.4 Å². The van der Waals surface area contributed by atoms with Gasteiger partial charge in [0.05, 0.1) is 6.54 Å². The maximum atomic E-state index is 12.0. The summed E-state index contributed by atoms with van der Waals surface area (Å²) in [5, 5.41) is 0. The molecule has 4 nitrogen and oxygen atoms in total. The lowest BCUT2D eigenvalue weighted by Crippen LogP contribution is -2.37. The van der Waals surface area contributed by atoms with Gasteiger partial charge in [-0.3, -0.25) is 0 Å². The molecule has 96 valence electrons. The summed E-state index contributed by atoms with van der Waals surface area (Å²) < 4.78 is 6.10. The predicted octanol–water partition coefficient (Wildman–Crippen LogP) is 3.22. The van der Waals surface area contributed by atoms with Crippen molar-refractivity contribution in [3.8, 4) is 12.3 Å². The third-order valence-electron chi connectivity index (χ3n) is 1.85. The van der Waals surface area contributed by atoms with Gasteiger partial charge in [-0.25, -0.2) is 14.7 Å². The van der Waals surface area contributed by atoms with Crippen molar-refractivity contribution < 1.29 is 9.53 Å². The van der Waals surface area contributed by atoms with Crippen molar-refractivity contribution in [3.63, 3.8) is 0 Å². The fraction of sp³-hybridized carbons (Fsp3) is 0.385. The average molecular weight is 311 g/mol. The van der Waals surface area contributed by atoms with Crippen LogP contribution in [-0.4, -0.2) is 23.2 Å². The maximum absolute atomic E-state index is 12.0. The second-order valence-corrected chi connectivity index (χ2v) is 5.52. The van der Waals surface area contributed by atoms with Crippen molar-refractivity contribution >= 4 is 27.8 Å². The highest BCUT2D eigenvalue weighted by Crippen LogP contribution is 2.19. The zero-order valence-electron chi connectivity index (χ0n) is 10.6. The normalized spacial score (nSPS) is 10.6. The number of rotatable bonds is 2. The van der Waals surface area contributed by atoms with Gasteiger partial charge >= 0.3 is 6.09 Å². The summed E-state index contributed by atoms with van der Waals surface area (Å²) in [6, 6.07) is 3.48. The van der Waals surface area contributed by atoms with Crippen LogP contribution in [0.25, 0.3) is 0 Å². The predicted molar refractivity (Wildman–Crippen MR) is 74.4 cm³/mol. The van der Waals surface area contributed by atoms with Gasteiger partial charge in [-0.05, 0) is 32.9 Å². The van der Waals surface area contributed by atoms with E-state index >= 15 is 0 Å². The third-order valence-corrected chi connectivity index (χ3v) is 2.34. The number of ether oxygens (including phenoxy) is 1. The molecule has 0 fully saturated rings. The molecule has 0 aromatic carbocycles. The van der Waals surface area contributed by atoms with Crippen LogP contribution in [0, 0.1) is 12.3 Å². The number of carbonyl (C=O) groups excluding carboxylic acids is 1. The molecular formula is C13H15BrN2O2. The highest BCUT2D eigenvalue weighted by atomic mass is 79.9. The van der Waals surface area contributed by atoms with Gasteiger partial charge in [0.25, 0.3) is 0 Å². The number of carbonyl (C=O) groups is 1. The number of hydrogen-bond acceptors (Lipinski definition) is 3. The SMILES string of the molecule is C#CCN(C(=O)OC(C)(C)C)c1cc(Br)ccn1. The molecule has 1 aromatic heterocycles. The van der Waals surface area contributed by atoms with Gasteiger partial charge in [0.15, 0.2) is 0 Å². The lowest BCUT2D eigenvalue weighted by atomic mass is 10.2. The Bertz CT molecular complexity index is 475. The standard InChI is InChI=1S/C13H15BrN2O2/c1-5-8-16(12(17)18-13(2,3)4)11-9-10(14)6-7-15-11/h1,6-7,9H,8H2,2-4H3. The zero-order valence-corrected chi connectivity index (χ0v) is 12.2. The largest absolute Gasteiger partial charge is 0.443 e. The number of amides is 1. The Morgan fingerprint density at radius 3 is 2.78 bits per heavy atom. The van der Waals surface area contributed by atoms with Gasteiger partial charge in [-0.15, -0.1) is 6.42 Å². The van der Waals surface area contributed by atoms with Gasteiger partial charge in [-0.1, -0.05) is 21.9 Å². The Kier molecular flexibility index (Phi) is 4.74. The van der Waals surface area contributed by atoms with Crippen LogP contribution in [0.15, 0.2) is 22.8 Å². The summed E-state index contributed by atoms with van der Waals surface area (Å²) in [6.45, 7) is 5.51. The van der Waals surface area contributed by atoms with E-state index in [0.717, 1.165) is 4.47 Å². The number of nitrogens with zero attached hydrogens (tertiary/aromatic N) is 2. The fourth-order valence-corrected chi connectivity index (χ4v) is 1.51. The van der Waals surface area contributed by atoms with Gasteiger partial charge in [0.1, 0.15) is 11.4 Å². The average Bonchev–Trinajstić information content (AvgIpc) is 2.23. The van der Waals surface area contributed by atoms with Crippen LogP contribution in [0.3, 0.4) is 0 Å². The van der Waals surface area contributed by atoms with E-state index in [1.807, 2.05) is 0 Å². The molecule has 0 radical (unpaired) electrons. The summed E-state index contributed by atoms with van der Waals surface area (Å²) in [7, 11) is 0. The molecule has 18 heavy (non-hydrogen) atoms. The van der Waals surface area contributed by atoms with E-state index in [2.05, 4.69) is 26.8 Å². The molecular weight excluding hydrogens is 296 g/mol.